The number of nitriles is 2. The van der Waals surface area contributed by atoms with Gasteiger partial charge in [-0.2, -0.15) is 10.5 Å². The second-order valence-corrected chi connectivity index (χ2v) is 3.96. The fourth-order valence-corrected chi connectivity index (χ4v) is 1.60. The Morgan fingerprint density at radius 1 is 1.47 bits per heavy atom. The van der Waals surface area contributed by atoms with Crippen LogP contribution < -0.4 is 0 Å². The molecule has 0 aliphatic heterocycles. The Kier molecular flexibility index (Phi) is 3.71. The van der Waals surface area contributed by atoms with E-state index in [1.54, 1.807) is 18.2 Å². The van der Waals surface area contributed by atoms with Crippen molar-refractivity contribution in [2.45, 2.75) is 12.8 Å². The Hall–Kier alpha value is -1.52. The van der Waals surface area contributed by atoms with E-state index in [0.29, 0.717) is 16.9 Å². The molecule has 1 aromatic rings. The Balaban J connectivity index is 2.90. The van der Waals surface area contributed by atoms with Gasteiger partial charge in [0.25, 0.3) is 0 Å². The van der Waals surface area contributed by atoms with E-state index in [4.69, 9.17) is 14.9 Å². The fourth-order valence-electron chi connectivity index (χ4n) is 1.26. The molecule has 0 atom stereocenters. The zero-order valence-corrected chi connectivity index (χ0v) is 9.62. The fraction of sp³-hybridized carbons (Fsp3) is 0.273. The van der Waals surface area contributed by atoms with Gasteiger partial charge < -0.3 is 4.42 Å². The van der Waals surface area contributed by atoms with Crippen molar-refractivity contribution in [3.63, 3.8) is 0 Å². The number of halogens is 1. The van der Waals surface area contributed by atoms with E-state index in [1.807, 2.05) is 12.1 Å². The highest BCUT2D eigenvalue weighted by atomic mass is 79.9. The van der Waals surface area contributed by atoms with Gasteiger partial charge in [-0.15, -0.1) is 6.58 Å². The van der Waals surface area contributed by atoms with E-state index in [-0.39, 0.29) is 6.42 Å². The molecule has 1 aromatic heterocycles. The van der Waals surface area contributed by atoms with E-state index >= 15 is 0 Å². The van der Waals surface area contributed by atoms with Gasteiger partial charge in [0.05, 0.1) is 12.1 Å². The maximum atomic E-state index is 9.00. The lowest BCUT2D eigenvalue weighted by Crippen LogP contribution is -2.18. The summed E-state index contributed by atoms with van der Waals surface area (Å²) in [6, 6.07) is 7.52. The summed E-state index contributed by atoms with van der Waals surface area (Å²) in [6.45, 7) is 3.55. The van der Waals surface area contributed by atoms with Crippen LogP contribution in [0.2, 0.25) is 0 Å². The first-order valence-corrected chi connectivity index (χ1v) is 5.13. The van der Waals surface area contributed by atoms with Crippen LogP contribution in [0.25, 0.3) is 0 Å². The summed E-state index contributed by atoms with van der Waals surface area (Å²) in [7, 11) is 0. The summed E-state index contributed by atoms with van der Waals surface area (Å²) in [5.41, 5.74) is -1.07. The first-order chi connectivity index (χ1) is 7.15. The molecule has 0 fully saturated rings. The predicted molar refractivity (Wildman–Crippen MR) is 58.6 cm³/mol. The molecule has 0 N–H and O–H groups in total. The highest BCUT2D eigenvalue weighted by Crippen LogP contribution is 2.28. The van der Waals surface area contributed by atoms with Gasteiger partial charge in [-0.3, -0.25) is 0 Å². The topological polar surface area (TPSA) is 60.7 Å². The SMILES string of the molecule is C=CCC(C#N)(C#N)Cc1ccc(Br)o1. The van der Waals surface area contributed by atoms with Crippen molar-refractivity contribution in [2.75, 3.05) is 0 Å². The minimum Gasteiger partial charge on any atom is -0.454 e. The minimum atomic E-state index is -1.07. The summed E-state index contributed by atoms with van der Waals surface area (Å²) in [5, 5.41) is 18.0. The second kappa shape index (κ2) is 4.82. The minimum absolute atomic E-state index is 0.275. The largest absolute Gasteiger partial charge is 0.454 e. The van der Waals surface area contributed by atoms with E-state index in [1.165, 1.54) is 0 Å². The molecule has 0 aromatic carbocycles. The lowest BCUT2D eigenvalue weighted by atomic mass is 9.83. The van der Waals surface area contributed by atoms with E-state index in [2.05, 4.69) is 22.5 Å². The molecule has 0 amide bonds. The number of furan rings is 1. The van der Waals surface area contributed by atoms with Crippen molar-refractivity contribution in [3.05, 3.63) is 35.2 Å². The molecule has 0 saturated heterocycles. The van der Waals surface area contributed by atoms with Gasteiger partial charge in [-0.25, -0.2) is 0 Å². The zero-order valence-electron chi connectivity index (χ0n) is 8.03. The van der Waals surface area contributed by atoms with Crippen molar-refractivity contribution in [2.24, 2.45) is 5.41 Å². The first-order valence-electron chi connectivity index (χ1n) is 4.33. The number of rotatable bonds is 4. The molecular weight excluding hydrogens is 256 g/mol. The highest BCUT2D eigenvalue weighted by molar-refractivity contribution is 9.10. The molecule has 1 rings (SSSR count). The molecule has 0 aliphatic carbocycles. The van der Waals surface area contributed by atoms with Gasteiger partial charge in [-0.1, -0.05) is 6.08 Å². The van der Waals surface area contributed by atoms with Crippen LogP contribution >= 0.6 is 15.9 Å². The lowest BCUT2D eigenvalue weighted by molar-refractivity contribution is 0.422. The summed E-state index contributed by atoms with van der Waals surface area (Å²) in [5.74, 6) is 0.617. The molecule has 3 nitrogen and oxygen atoms in total. The third kappa shape index (κ3) is 2.71. The average molecular weight is 265 g/mol. The molecular formula is C11H9BrN2O. The van der Waals surface area contributed by atoms with Gasteiger partial charge in [0.15, 0.2) is 10.1 Å². The van der Waals surface area contributed by atoms with E-state index < -0.39 is 5.41 Å². The summed E-state index contributed by atoms with van der Waals surface area (Å²) in [4.78, 5) is 0. The molecule has 76 valence electrons. The van der Waals surface area contributed by atoms with Crippen LogP contribution in [0.1, 0.15) is 12.2 Å². The first kappa shape index (κ1) is 11.6. The monoisotopic (exact) mass is 264 g/mol. The van der Waals surface area contributed by atoms with Gasteiger partial charge in [0.2, 0.25) is 0 Å². The van der Waals surface area contributed by atoms with Crippen LogP contribution in [-0.2, 0) is 6.42 Å². The standard InChI is InChI=1S/C11H9BrN2O/c1-2-5-11(7-13,8-14)6-9-3-4-10(12)15-9/h2-4H,1,5-6H2. The van der Waals surface area contributed by atoms with E-state index in [0.717, 1.165) is 0 Å². The Bertz CT molecular complexity index is 422. The smallest absolute Gasteiger partial charge is 0.169 e. The maximum Gasteiger partial charge on any atom is 0.169 e. The third-order valence-electron chi connectivity index (χ3n) is 2.03. The van der Waals surface area contributed by atoms with Crippen molar-refractivity contribution >= 4 is 15.9 Å². The van der Waals surface area contributed by atoms with Crippen LogP contribution in [0, 0.1) is 28.1 Å². The van der Waals surface area contributed by atoms with Crippen LogP contribution in [0.15, 0.2) is 33.9 Å². The summed E-state index contributed by atoms with van der Waals surface area (Å²) >= 11 is 3.17. The number of hydrogen-bond acceptors (Lipinski definition) is 3. The molecule has 0 radical (unpaired) electrons. The van der Waals surface area contributed by atoms with Crippen molar-refractivity contribution in [3.8, 4) is 12.1 Å². The average Bonchev–Trinajstić information content (AvgIpc) is 2.63. The van der Waals surface area contributed by atoms with Gasteiger partial charge in [0, 0.05) is 6.42 Å². The van der Waals surface area contributed by atoms with Crippen LogP contribution in [0.5, 0.6) is 0 Å². The number of allylic oxidation sites excluding steroid dienone is 1. The molecule has 1 heterocycles. The Labute approximate surface area is 96.7 Å². The zero-order chi connectivity index (χ0) is 11.3. The van der Waals surface area contributed by atoms with Crippen molar-refractivity contribution in [1.82, 2.24) is 0 Å². The molecule has 0 unspecified atom stereocenters. The Morgan fingerprint density at radius 2 is 2.13 bits per heavy atom. The lowest BCUT2D eigenvalue weighted by Gasteiger charge is -2.13. The maximum absolute atomic E-state index is 9.00. The summed E-state index contributed by atoms with van der Waals surface area (Å²) < 4.78 is 5.87. The molecule has 0 aliphatic rings. The van der Waals surface area contributed by atoms with Gasteiger partial charge in [-0.05, 0) is 34.5 Å². The molecule has 0 saturated carbocycles. The van der Waals surface area contributed by atoms with Crippen LogP contribution in [-0.4, -0.2) is 0 Å². The normalized spacial score (nSPS) is 10.3. The molecule has 4 heteroatoms. The summed E-state index contributed by atoms with van der Waals surface area (Å²) in [6.07, 6.45) is 2.18. The van der Waals surface area contributed by atoms with Crippen LogP contribution in [0.3, 0.4) is 0 Å². The quantitative estimate of drug-likeness (QED) is 0.785. The molecule has 0 bridgehead atoms. The molecule has 15 heavy (non-hydrogen) atoms. The van der Waals surface area contributed by atoms with Gasteiger partial charge >= 0.3 is 0 Å². The van der Waals surface area contributed by atoms with Crippen LogP contribution in [0.4, 0.5) is 0 Å². The second-order valence-electron chi connectivity index (χ2n) is 3.18. The van der Waals surface area contributed by atoms with Gasteiger partial charge in [0.1, 0.15) is 5.76 Å². The van der Waals surface area contributed by atoms with Crippen molar-refractivity contribution in [1.29, 1.82) is 10.5 Å². The Morgan fingerprint density at radius 3 is 2.53 bits per heavy atom. The number of nitrogens with zero attached hydrogens (tertiary/aromatic N) is 2. The number of hydrogen-bond donors (Lipinski definition) is 0. The highest BCUT2D eigenvalue weighted by Gasteiger charge is 2.30. The third-order valence-corrected chi connectivity index (χ3v) is 2.45. The predicted octanol–water partition coefficient (Wildman–Crippen LogP) is 3.19. The van der Waals surface area contributed by atoms with E-state index in [9.17, 15) is 0 Å². The molecule has 0 spiro atoms. The van der Waals surface area contributed by atoms with Crippen molar-refractivity contribution < 1.29 is 4.42 Å².